The highest BCUT2D eigenvalue weighted by molar-refractivity contribution is 5.11. The van der Waals surface area contributed by atoms with E-state index in [4.69, 9.17) is 0 Å². The molecular formula is C12H16. The van der Waals surface area contributed by atoms with Gasteiger partial charge in [-0.2, -0.15) is 0 Å². The van der Waals surface area contributed by atoms with Gasteiger partial charge in [-0.05, 0) is 25.7 Å². The van der Waals surface area contributed by atoms with E-state index in [-0.39, 0.29) is 0 Å². The molecule has 1 aliphatic carbocycles. The van der Waals surface area contributed by atoms with E-state index >= 15 is 0 Å². The van der Waals surface area contributed by atoms with E-state index in [9.17, 15) is 0 Å². The van der Waals surface area contributed by atoms with Crippen molar-refractivity contribution in [2.75, 3.05) is 0 Å². The smallest absolute Gasteiger partial charge is 0.0313 e. The molecule has 0 atom stereocenters. The van der Waals surface area contributed by atoms with Gasteiger partial charge in [0.05, 0.1) is 0 Å². The fourth-order valence-electron chi connectivity index (χ4n) is 1.10. The Bertz CT molecular complexity index is 182. The van der Waals surface area contributed by atoms with E-state index in [1.54, 1.807) is 0 Å². The van der Waals surface area contributed by atoms with E-state index in [0.717, 1.165) is 12.8 Å². The van der Waals surface area contributed by atoms with Gasteiger partial charge in [-0.1, -0.05) is 48.6 Å². The summed E-state index contributed by atoms with van der Waals surface area (Å²) in [5.41, 5.74) is 0. The van der Waals surface area contributed by atoms with Crippen LogP contribution < -0.4 is 0 Å². The largest absolute Gasteiger partial charge is 0.0882 e. The van der Waals surface area contributed by atoms with Crippen molar-refractivity contribution in [1.82, 2.24) is 0 Å². The fraction of sp³-hybridized carbons (Fsp3) is 0.333. The Labute approximate surface area is 75.0 Å². The Morgan fingerprint density at radius 3 is 1.33 bits per heavy atom. The molecule has 0 radical (unpaired) electrons. The van der Waals surface area contributed by atoms with Crippen LogP contribution >= 0.6 is 0 Å². The van der Waals surface area contributed by atoms with Crippen molar-refractivity contribution in [2.24, 2.45) is 0 Å². The van der Waals surface area contributed by atoms with Gasteiger partial charge in [0.2, 0.25) is 0 Å². The highest BCUT2D eigenvalue weighted by atomic mass is 13.9. The SMILES string of the molecule is C1=CCC\C=C/C=C/C=C\CC1. The number of hydrogen-bond donors (Lipinski definition) is 0. The zero-order valence-corrected chi connectivity index (χ0v) is 7.45. The average Bonchev–Trinajstić information content (AvgIpc) is 2.05. The van der Waals surface area contributed by atoms with Crippen LogP contribution in [0.15, 0.2) is 48.6 Å². The van der Waals surface area contributed by atoms with Gasteiger partial charge >= 0.3 is 0 Å². The van der Waals surface area contributed by atoms with Crippen LogP contribution in [0.3, 0.4) is 0 Å². The van der Waals surface area contributed by atoms with Crippen LogP contribution in [0.4, 0.5) is 0 Å². The second-order valence-electron chi connectivity index (χ2n) is 2.87. The van der Waals surface area contributed by atoms with Gasteiger partial charge in [0, 0.05) is 0 Å². The summed E-state index contributed by atoms with van der Waals surface area (Å²) in [4.78, 5) is 0. The molecule has 0 aliphatic heterocycles. The maximum atomic E-state index is 2.27. The predicted octanol–water partition coefficient (Wildman–Crippen LogP) is 3.79. The first-order valence-corrected chi connectivity index (χ1v) is 4.63. The number of rotatable bonds is 0. The number of allylic oxidation sites excluding steroid dienone is 8. The van der Waals surface area contributed by atoms with Crippen LogP contribution in [-0.4, -0.2) is 0 Å². The molecular weight excluding hydrogens is 144 g/mol. The molecule has 64 valence electrons. The van der Waals surface area contributed by atoms with Gasteiger partial charge in [0.25, 0.3) is 0 Å². The van der Waals surface area contributed by atoms with Gasteiger partial charge in [-0.3, -0.25) is 0 Å². The van der Waals surface area contributed by atoms with E-state index in [0.29, 0.717) is 0 Å². The van der Waals surface area contributed by atoms with Crippen LogP contribution in [-0.2, 0) is 0 Å². The summed E-state index contributed by atoms with van der Waals surface area (Å²) in [5, 5.41) is 0. The molecule has 0 aromatic heterocycles. The molecule has 0 bridgehead atoms. The van der Waals surface area contributed by atoms with E-state index in [1.165, 1.54) is 12.8 Å². The summed E-state index contributed by atoms with van der Waals surface area (Å²) >= 11 is 0. The van der Waals surface area contributed by atoms with Crippen molar-refractivity contribution in [1.29, 1.82) is 0 Å². The zero-order chi connectivity index (χ0) is 8.49. The highest BCUT2D eigenvalue weighted by Crippen LogP contribution is 1.99. The highest BCUT2D eigenvalue weighted by Gasteiger charge is 1.78. The first-order chi connectivity index (χ1) is 6.00. The summed E-state index contributed by atoms with van der Waals surface area (Å²) in [6, 6.07) is 0. The summed E-state index contributed by atoms with van der Waals surface area (Å²) < 4.78 is 0. The second kappa shape index (κ2) is 6.66. The molecule has 0 amide bonds. The minimum absolute atomic E-state index is 1.16. The summed E-state index contributed by atoms with van der Waals surface area (Å²) in [5.74, 6) is 0. The molecule has 0 unspecified atom stereocenters. The lowest BCUT2D eigenvalue weighted by Gasteiger charge is -1.89. The third-order valence-electron chi connectivity index (χ3n) is 1.77. The third-order valence-corrected chi connectivity index (χ3v) is 1.77. The molecule has 0 spiro atoms. The summed E-state index contributed by atoms with van der Waals surface area (Å²) in [6.07, 6.45) is 22.0. The maximum Gasteiger partial charge on any atom is -0.0313 e. The monoisotopic (exact) mass is 160 g/mol. The lowest BCUT2D eigenvalue weighted by Crippen LogP contribution is -1.68. The molecule has 0 nitrogen and oxygen atoms in total. The Kier molecular flexibility index (Phi) is 5.02. The molecule has 1 rings (SSSR count). The van der Waals surface area contributed by atoms with Gasteiger partial charge in [0.1, 0.15) is 0 Å². The second-order valence-corrected chi connectivity index (χ2v) is 2.87. The molecule has 1 aliphatic rings. The fourth-order valence-corrected chi connectivity index (χ4v) is 1.10. The molecule has 12 heavy (non-hydrogen) atoms. The molecule has 0 N–H and O–H groups in total. The van der Waals surface area contributed by atoms with E-state index in [1.807, 2.05) is 0 Å². The standard InChI is InChI=1S/C12H16/c1-2-4-6-8-10-12-11-9-7-5-3-1/h1-6,11-12H,7-10H2/b2-1+,5-3-,6-4-,12-11?. The van der Waals surface area contributed by atoms with Crippen LogP contribution in [0.2, 0.25) is 0 Å². The minimum atomic E-state index is 1.16. The molecule has 0 aromatic rings. The molecule has 0 heterocycles. The van der Waals surface area contributed by atoms with Crippen molar-refractivity contribution in [3.05, 3.63) is 48.6 Å². The summed E-state index contributed by atoms with van der Waals surface area (Å²) in [7, 11) is 0. The molecule has 0 heteroatoms. The molecule has 0 aromatic carbocycles. The Balaban J connectivity index is 2.42. The van der Waals surface area contributed by atoms with Gasteiger partial charge in [-0.15, -0.1) is 0 Å². The van der Waals surface area contributed by atoms with Crippen molar-refractivity contribution in [3.8, 4) is 0 Å². The van der Waals surface area contributed by atoms with Crippen molar-refractivity contribution in [2.45, 2.75) is 25.7 Å². The van der Waals surface area contributed by atoms with Crippen molar-refractivity contribution >= 4 is 0 Å². The first-order valence-electron chi connectivity index (χ1n) is 4.63. The van der Waals surface area contributed by atoms with Gasteiger partial charge in [-0.25, -0.2) is 0 Å². The van der Waals surface area contributed by atoms with Crippen molar-refractivity contribution < 1.29 is 0 Å². The van der Waals surface area contributed by atoms with Crippen LogP contribution in [0.1, 0.15) is 25.7 Å². The maximum absolute atomic E-state index is 2.27. The molecule has 0 saturated heterocycles. The molecule has 0 fully saturated rings. The topological polar surface area (TPSA) is 0 Å². The Hall–Kier alpha value is -1.04. The van der Waals surface area contributed by atoms with Gasteiger partial charge in [0.15, 0.2) is 0 Å². The third kappa shape index (κ3) is 4.73. The quantitative estimate of drug-likeness (QED) is 0.473. The minimum Gasteiger partial charge on any atom is -0.0882 e. The van der Waals surface area contributed by atoms with Crippen LogP contribution in [0.5, 0.6) is 0 Å². The average molecular weight is 160 g/mol. The van der Waals surface area contributed by atoms with Gasteiger partial charge < -0.3 is 0 Å². The lowest BCUT2D eigenvalue weighted by atomic mass is 10.2. The Morgan fingerprint density at radius 1 is 0.417 bits per heavy atom. The van der Waals surface area contributed by atoms with E-state index in [2.05, 4.69) is 48.6 Å². The predicted molar refractivity (Wildman–Crippen MR) is 55.0 cm³/mol. The van der Waals surface area contributed by atoms with Crippen LogP contribution in [0.25, 0.3) is 0 Å². The van der Waals surface area contributed by atoms with Crippen molar-refractivity contribution in [3.63, 3.8) is 0 Å². The van der Waals surface area contributed by atoms with Crippen LogP contribution in [0, 0.1) is 0 Å². The number of hydrogen-bond acceptors (Lipinski definition) is 0. The lowest BCUT2D eigenvalue weighted by molar-refractivity contribution is 1.00. The van der Waals surface area contributed by atoms with E-state index < -0.39 is 0 Å². The zero-order valence-electron chi connectivity index (χ0n) is 7.45. The Morgan fingerprint density at radius 2 is 0.833 bits per heavy atom. The summed E-state index contributed by atoms with van der Waals surface area (Å²) in [6.45, 7) is 0. The first kappa shape index (κ1) is 9.05. The molecule has 0 saturated carbocycles. The normalized spacial score (nSPS) is 26.7.